The van der Waals surface area contributed by atoms with Gasteiger partial charge >= 0.3 is 0 Å². The average molecular weight is 226 g/mol. The molecular formula is C10H9ClFN3. The molecule has 3 nitrogen and oxygen atoms in total. The van der Waals surface area contributed by atoms with E-state index in [-0.39, 0.29) is 5.56 Å². The maximum absolute atomic E-state index is 13.6. The van der Waals surface area contributed by atoms with E-state index in [2.05, 4.69) is 5.10 Å². The number of anilines is 1. The van der Waals surface area contributed by atoms with Gasteiger partial charge in [0.2, 0.25) is 0 Å². The molecule has 0 bridgehead atoms. The van der Waals surface area contributed by atoms with E-state index < -0.39 is 5.82 Å². The summed E-state index contributed by atoms with van der Waals surface area (Å²) in [5.74, 6) is -0.405. The van der Waals surface area contributed by atoms with Gasteiger partial charge in [0.15, 0.2) is 0 Å². The summed E-state index contributed by atoms with van der Waals surface area (Å²) in [6, 6.07) is 4.51. The molecular weight excluding hydrogens is 217 g/mol. The highest BCUT2D eigenvalue weighted by Crippen LogP contribution is 2.33. The first-order chi connectivity index (χ1) is 7.11. The Labute approximate surface area is 91.3 Å². The van der Waals surface area contributed by atoms with Crippen LogP contribution in [-0.2, 0) is 7.05 Å². The molecule has 0 unspecified atom stereocenters. The van der Waals surface area contributed by atoms with Crippen molar-refractivity contribution in [1.82, 2.24) is 9.78 Å². The molecule has 0 aliphatic heterocycles. The van der Waals surface area contributed by atoms with Gasteiger partial charge in [-0.1, -0.05) is 17.7 Å². The van der Waals surface area contributed by atoms with Gasteiger partial charge < -0.3 is 5.73 Å². The Morgan fingerprint density at radius 1 is 1.47 bits per heavy atom. The summed E-state index contributed by atoms with van der Waals surface area (Å²) in [5, 5.41) is 4.27. The molecule has 5 heteroatoms. The first-order valence-corrected chi connectivity index (χ1v) is 4.71. The van der Waals surface area contributed by atoms with Gasteiger partial charge in [-0.15, -0.1) is 0 Å². The number of hydrogen-bond acceptors (Lipinski definition) is 2. The van der Waals surface area contributed by atoms with E-state index in [0.717, 1.165) is 0 Å². The van der Waals surface area contributed by atoms with E-state index in [0.29, 0.717) is 16.4 Å². The maximum Gasteiger partial charge on any atom is 0.134 e. The lowest BCUT2D eigenvalue weighted by Crippen LogP contribution is -1.98. The quantitative estimate of drug-likeness (QED) is 0.810. The maximum atomic E-state index is 13.6. The zero-order valence-electron chi connectivity index (χ0n) is 8.04. The lowest BCUT2D eigenvalue weighted by atomic mass is 10.1. The zero-order valence-corrected chi connectivity index (χ0v) is 8.79. The van der Waals surface area contributed by atoms with Crippen LogP contribution in [0.1, 0.15) is 0 Å². The van der Waals surface area contributed by atoms with Crippen molar-refractivity contribution in [3.05, 3.63) is 35.2 Å². The predicted octanol–water partition coefficient (Wildman–Crippen LogP) is 2.46. The summed E-state index contributed by atoms with van der Waals surface area (Å²) < 4.78 is 15.1. The number of aryl methyl sites for hydroxylation is 1. The Hall–Kier alpha value is -1.55. The second-order valence-electron chi connectivity index (χ2n) is 3.17. The van der Waals surface area contributed by atoms with Crippen LogP contribution in [0, 0.1) is 5.82 Å². The highest BCUT2D eigenvalue weighted by atomic mass is 35.5. The van der Waals surface area contributed by atoms with E-state index >= 15 is 0 Å². The summed E-state index contributed by atoms with van der Waals surface area (Å²) in [6.45, 7) is 0. The number of nitrogen functional groups attached to an aromatic ring is 1. The van der Waals surface area contributed by atoms with Crippen molar-refractivity contribution in [2.45, 2.75) is 0 Å². The van der Waals surface area contributed by atoms with Gasteiger partial charge in [-0.25, -0.2) is 4.39 Å². The third kappa shape index (κ3) is 1.57. The van der Waals surface area contributed by atoms with Gasteiger partial charge in [-0.2, -0.15) is 5.10 Å². The fourth-order valence-electron chi connectivity index (χ4n) is 1.48. The molecule has 2 aromatic rings. The Balaban J connectivity index is 2.74. The Morgan fingerprint density at radius 3 is 2.73 bits per heavy atom. The van der Waals surface area contributed by atoms with Gasteiger partial charge in [-0.3, -0.25) is 4.68 Å². The van der Waals surface area contributed by atoms with Crippen molar-refractivity contribution in [3.63, 3.8) is 0 Å². The number of hydrogen-bond donors (Lipinski definition) is 1. The summed E-state index contributed by atoms with van der Waals surface area (Å²) in [5.41, 5.74) is 6.90. The fraction of sp³-hybridized carbons (Fsp3) is 0.100. The van der Waals surface area contributed by atoms with Crippen molar-refractivity contribution in [3.8, 4) is 11.3 Å². The largest absolute Gasteiger partial charge is 0.396 e. The summed E-state index contributed by atoms with van der Waals surface area (Å²) >= 11 is 5.93. The van der Waals surface area contributed by atoms with Crippen LogP contribution in [0.3, 0.4) is 0 Å². The molecule has 1 heterocycles. The molecule has 2 rings (SSSR count). The highest BCUT2D eigenvalue weighted by Gasteiger charge is 2.15. The van der Waals surface area contributed by atoms with Crippen LogP contribution in [0.25, 0.3) is 11.3 Å². The molecule has 0 saturated carbocycles. The Bertz CT molecular complexity index is 468. The van der Waals surface area contributed by atoms with Crippen molar-refractivity contribution in [2.75, 3.05) is 5.73 Å². The van der Waals surface area contributed by atoms with Gasteiger partial charge in [0.25, 0.3) is 0 Å². The molecule has 0 spiro atoms. The van der Waals surface area contributed by atoms with E-state index in [1.807, 2.05) is 0 Å². The van der Waals surface area contributed by atoms with Gasteiger partial charge in [-0.05, 0) is 12.1 Å². The zero-order chi connectivity index (χ0) is 11.0. The standard InChI is InChI=1S/C10H9ClFN3/c1-15-10(8(13)5-14-15)9-6(11)3-2-4-7(9)12/h2-5H,13H2,1H3. The Kier molecular flexibility index (Phi) is 2.36. The van der Waals surface area contributed by atoms with Crippen LogP contribution in [0.4, 0.5) is 10.1 Å². The SMILES string of the molecule is Cn1ncc(N)c1-c1c(F)cccc1Cl. The number of benzene rings is 1. The number of halogens is 2. The van der Waals surface area contributed by atoms with Gasteiger partial charge in [0, 0.05) is 7.05 Å². The second-order valence-corrected chi connectivity index (χ2v) is 3.58. The van der Waals surface area contributed by atoms with Crippen LogP contribution < -0.4 is 5.73 Å². The van der Waals surface area contributed by atoms with Crippen LogP contribution in [-0.4, -0.2) is 9.78 Å². The van der Waals surface area contributed by atoms with E-state index in [1.54, 1.807) is 19.2 Å². The van der Waals surface area contributed by atoms with Crippen molar-refractivity contribution >= 4 is 17.3 Å². The Morgan fingerprint density at radius 2 is 2.20 bits per heavy atom. The molecule has 0 aliphatic rings. The van der Waals surface area contributed by atoms with Crippen LogP contribution in [0.5, 0.6) is 0 Å². The molecule has 2 N–H and O–H groups in total. The predicted molar refractivity (Wildman–Crippen MR) is 58.0 cm³/mol. The topological polar surface area (TPSA) is 43.8 Å². The minimum atomic E-state index is -0.405. The van der Waals surface area contributed by atoms with E-state index in [4.69, 9.17) is 17.3 Å². The number of nitrogens with two attached hydrogens (primary N) is 1. The summed E-state index contributed by atoms with van der Waals surface area (Å²) in [7, 11) is 1.69. The molecule has 0 radical (unpaired) electrons. The molecule has 0 atom stereocenters. The van der Waals surface area contributed by atoms with E-state index in [1.165, 1.54) is 16.9 Å². The molecule has 78 valence electrons. The van der Waals surface area contributed by atoms with Gasteiger partial charge in [0.1, 0.15) is 5.82 Å². The molecule has 1 aromatic carbocycles. The smallest absolute Gasteiger partial charge is 0.134 e. The number of aromatic nitrogens is 2. The normalized spacial score (nSPS) is 10.6. The minimum Gasteiger partial charge on any atom is -0.396 e. The lowest BCUT2D eigenvalue weighted by molar-refractivity contribution is 0.628. The fourth-order valence-corrected chi connectivity index (χ4v) is 1.74. The monoisotopic (exact) mass is 225 g/mol. The van der Waals surface area contributed by atoms with E-state index in [9.17, 15) is 4.39 Å². The molecule has 0 fully saturated rings. The van der Waals surface area contributed by atoms with Crippen LogP contribution in [0.2, 0.25) is 5.02 Å². The second kappa shape index (κ2) is 3.55. The van der Waals surface area contributed by atoms with Crippen molar-refractivity contribution in [2.24, 2.45) is 7.05 Å². The number of nitrogens with zero attached hydrogens (tertiary/aromatic N) is 2. The molecule has 0 aliphatic carbocycles. The summed E-state index contributed by atoms with van der Waals surface area (Å²) in [6.07, 6.45) is 1.47. The molecule has 0 amide bonds. The molecule has 0 saturated heterocycles. The van der Waals surface area contributed by atoms with Crippen molar-refractivity contribution in [1.29, 1.82) is 0 Å². The first kappa shape index (κ1) is 9.98. The highest BCUT2D eigenvalue weighted by molar-refractivity contribution is 6.33. The van der Waals surface area contributed by atoms with Crippen LogP contribution >= 0.6 is 11.6 Å². The third-order valence-corrected chi connectivity index (χ3v) is 2.48. The minimum absolute atomic E-state index is 0.289. The lowest BCUT2D eigenvalue weighted by Gasteiger charge is -2.07. The number of rotatable bonds is 1. The van der Waals surface area contributed by atoms with Gasteiger partial charge in [0.05, 0.1) is 28.2 Å². The molecule has 15 heavy (non-hydrogen) atoms. The first-order valence-electron chi connectivity index (χ1n) is 4.33. The summed E-state index contributed by atoms with van der Waals surface area (Å²) in [4.78, 5) is 0. The third-order valence-electron chi connectivity index (χ3n) is 2.17. The average Bonchev–Trinajstić information content (AvgIpc) is 2.49. The van der Waals surface area contributed by atoms with Crippen LogP contribution in [0.15, 0.2) is 24.4 Å². The molecule has 1 aromatic heterocycles. The van der Waals surface area contributed by atoms with Crippen molar-refractivity contribution < 1.29 is 4.39 Å².